The average Bonchev–Trinajstić information content (AvgIpc) is 3.44. The smallest absolute Gasteiger partial charge is 0.345 e. The molecular formula is C21H25F2N3O2. The van der Waals surface area contributed by atoms with Crippen LogP contribution in [0.4, 0.5) is 8.78 Å². The van der Waals surface area contributed by atoms with Crippen LogP contribution in [0.3, 0.4) is 0 Å². The maximum absolute atomic E-state index is 13.5. The van der Waals surface area contributed by atoms with Crippen molar-refractivity contribution in [1.29, 1.82) is 0 Å². The van der Waals surface area contributed by atoms with Crippen LogP contribution in [0.2, 0.25) is 0 Å². The Labute approximate surface area is 162 Å². The van der Waals surface area contributed by atoms with Gasteiger partial charge in [-0.2, -0.15) is 8.78 Å². The van der Waals surface area contributed by atoms with Crippen molar-refractivity contribution in [2.75, 3.05) is 7.05 Å². The van der Waals surface area contributed by atoms with Gasteiger partial charge in [0.25, 0.3) is 5.91 Å². The third kappa shape index (κ3) is 2.38. The van der Waals surface area contributed by atoms with Crippen LogP contribution in [0.5, 0.6) is 0 Å². The molecule has 28 heavy (non-hydrogen) atoms. The Hall–Kier alpha value is -2.02. The number of nitrogens with zero attached hydrogens (tertiary/aromatic N) is 2. The molecular weight excluding hydrogens is 364 g/mol. The Bertz CT molecular complexity index is 859. The van der Waals surface area contributed by atoms with Crippen molar-refractivity contribution in [1.82, 2.24) is 4.90 Å². The van der Waals surface area contributed by atoms with Crippen LogP contribution < -0.4 is 5.73 Å². The van der Waals surface area contributed by atoms with Crippen LogP contribution in [0.1, 0.15) is 61.1 Å². The largest absolute Gasteiger partial charge is 0.369 e. The lowest BCUT2D eigenvalue weighted by Crippen LogP contribution is -2.51. The first kappa shape index (κ1) is 18.0. The number of hydrogen-bond acceptors (Lipinski definition) is 4. The lowest BCUT2D eigenvalue weighted by atomic mass is 9.61. The molecule has 1 heterocycles. The van der Waals surface area contributed by atoms with Crippen molar-refractivity contribution in [2.24, 2.45) is 16.1 Å². The predicted octanol–water partition coefficient (Wildman–Crippen LogP) is 3.27. The van der Waals surface area contributed by atoms with E-state index >= 15 is 0 Å². The van der Waals surface area contributed by atoms with Gasteiger partial charge in [-0.3, -0.25) is 9.69 Å². The fourth-order valence-corrected chi connectivity index (χ4v) is 5.66. The molecule has 1 aliphatic heterocycles. The van der Waals surface area contributed by atoms with E-state index in [0.717, 1.165) is 17.5 Å². The summed E-state index contributed by atoms with van der Waals surface area (Å²) in [4.78, 5) is 19.7. The number of likely N-dealkylation sites (N-methyl/N-ethyl adjacent to an activating group) is 1. The lowest BCUT2D eigenvalue weighted by molar-refractivity contribution is -0.178. The van der Waals surface area contributed by atoms with Crippen molar-refractivity contribution >= 4 is 11.9 Å². The minimum atomic E-state index is -2.76. The Morgan fingerprint density at radius 1 is 1.25 bits per heavy atom. The van der Waals surface area contributed by atoms with Crippen molar-refractivity contribution in [3.05, 3.63) is 34.9 Å². The molecule has 5 rings (SSSR count). The number of halogens is 2. The summed E-state index contributed by atoms with van der Waals surface area (Å²) < 4.78 is 30.1. The Kier molecular flexibility index (Phi) is 3.86. The quantitative estimate of drug-likeness (QED) is 0.863. The maximum atomic E-state index is 13.5. The minimum Gasteiger partial charge on any atom is -0.369 e. The zero-order chi connectivity index (χ0) is 19.7. The molecule has 0 saturated heterocycles. The van der Waals surface area contributed by atoms with Gasteiger partial charge in [0.1, 0.15) is 0 Å². The summed E-state index contributed by atoms with van der Waals surface area (Å²) in [7, 11) is 1.66. The van der Waals surface area contributed by atoms with Crippen LogP contribution in [0.25, 0.3) is 0 Å². The third-order valence-corrected chi connectivity index (χ3v) is 7.29. The highest BCUT2D eigenvalue weighted by molar-refractivity contribution is 6.08. The summed E-state index contributed by atoms with van der Waals surface area (Å²) in [6, 6.07) is 6.47. The van der Waals surface area contributed by atoms with Gasteiger partial charge in [0.2, 0.25) is 0 Å². The van der Waals surface area contributed by atoms with Crippen LogP contribution in [-0.4, -0.2) is 36.5 Å². The van der Waals surface area contributed by atoms with E-state index in [4.69, 9.17) is 15.5 Å². The summed E-state index contributed by atoms with van der Waals surface area (Å²) in [6.45, 7) is -2.76. The molecule has 0 aromatic heterocycles. The van der Waals surface area contributed by atoms with Gasteiger partial charge in [-0.05, 0) is 67.6 Å². The summed E-state index contributed by atoms with van der Waals surface area (Å²) in [5.74, 6) is 0.717. The van der Waals surface area contributed by atoms with Gasteiger partial charge in [-0.15, -0.1) is 0 Å². The Morgan fingerprint density at radius 3 is 2.54 bits per heavy atom. The number of rotatable bonds is 3. The second-order valence-corrected chi connectivity index (χ2v) is 8.79. The zero-order valence-corrected chi connectivity index (χ0v) is 16.0. The van der Waals surface area contributed by atoms with Crippen LogP contribution in [-0.2, 0) is 21.5 Å². The maximum Gasteiger partial charge on any atom is 0.345 e. The molecule has 2 fully saturated rings. The van der Waals surface area contributed by atoms with Gasteiger partial charge in [0.05, 0.1) is 6.10 Å². The molecule has 1 aromatic rings. The molecule has 0 radical (unpaired) electrons. The van der Waals surface area contributed by atoms with E-state index in [9.17, 15) is 13.6 Å². The predicted molar refractivity (Wildman–Crippen MR) is 100.0 cm³/mol. The number of fused-ring (bicyclic) bond motifs is 3. The number of carbonyl (C=O) groups is 1. The van der Waals surface area contributed by atoms with Gasteiger partial charge in [0.15, 0.2) is 11.5 Å². The molecule has 0 unspecified atom stereocenters. The number of hydrogen-bond donors (Lipinski definition) is 1. The van der Waals surface area contributed by atoms with E-state index < -0.39 is 23.7 Å². The highest BCUT2D eigenvalue weighted by Gasteiger charge is 2.66. The number of alkyl halides is 2. The molecule has 4 aliphatic rings. The average molecular weight is 389 g/mol. The third-order valence-electron chi connectivity index (χ3n) is 7.29. The highest BCUT2D eigenvalue weighted by atomic mass is 19.3. The Balaban J connectivity index is 1.58. The van der Waals surface area contributed by atoms with Gasteiger partial charge in [-0.1, -0.05) is 18.2 Å². The van der Waals surface area contributed by atoms with Crippen molar-refractivity contribution < 1.29 is 18.3 Å². The molecule has 5 nitrogen and oxygen atoms in total. The molecule has 3 aliphatic carbocycles. The van der Waals surface area contributed by atoms with E-state index in [1.807, 2.05) is 0 Å². The van der Waals surface area contributed by atoms with E-state index in [1.54, 1.807) is 7.05 Å². The highest BCUT2D eigenvalue weighted by Crippen LogP contribution is 2.62. The second kappa shape index (κ2) is 5.99. The number of guanidine groups is 1. The molecule has 1 atom stereocenters. The monoisotopic (exact) mass is 389 g/mol. The number of nitrogens with two attached hydrogens (primary N) is 1. The standard InChI is InChI=1S/C21H25F2N3O2/c1-26-17(27)21(25-19(26)24)16-10-13(12-2-3-12)4-5-14(16)11-20(21)8-6-15(7-9-20)28-18(22)23/h4-5,10,12,15,18H,2-3,6-9,11H2,1H3,(H2,24,25)/t15?,20?,21-/m1/s1. The van der Waals surface area contributed by atoms with Crippen LogP contribution in [0.15, 0.2) is 23.2 Å². The summed E-state index contributed by atoms with van der Waals surface area (Å²) in [5, 5.41) is 0. The number of carbonyl (C=O) groups excluding carboxylic acids is 1. The summed E-state index contributed by atoms with van der Waals surface area (Å²) in [6.07, 6.45) is 4.87. The second-order valence-electron chi connectivity index (χ2n) is 8.79. The van der Waals surface area contributed by atoms with Crippen molar-refractivity contribution in [3.8, 4) is 0 Å². The fourth-order valence-electron chi connectivity index (χ4n) is 5.66. The topological polar surface area (TPSA) is 67.9 Å². The number of ether oxygens (including phenoxy) is 1. The first-order valence-electron chi connectivity index (χ1n) is 10.1. The van der Waals surface area contributed by atoms with Gasteiger partial charge in [-0.25, -0.2) is 4.99 Å². The van der Waals surface area contributed by atoms with Gasteiger partial charge >= 0.3 is 6.61 Å². The molecule has 2 N–H and O–H groups in total. The first-order chi connectivity index (χ1) is 13.4. The van der Waals surface area contributed by atoms with Crippen LogP contribution >= 0.6 is 0 Å². The lowest BCUT2D eigenvalue weighted by Gasteiger charge is -2.45. The fraction of sp³-hybridized carbons (Fsp3) is 0.619. The Morgan fingerprint density at radius 2 is 1.96 bits per heavy atom. The molecule has 1 amide bonds. The van der Waals surface area contributed by atoms with Crippen molar-refractivity contribution in [3.63, 3.8) is 0 Å². The molecule has 150 valence electrons. The normalized spacial score (nSPS) is 34.6. The molecule has 2 spiro atoms. The first-order valence-corrected chi connectivity index (χ1v) is 10.1. The van der Waals surface area contributed by atoms with E-state index in [-0.39, 0.29) is 11.9 Å². The van der Waals surface area contributed by atoms with E-state index in [0.29, 0.717) is 31.6 Å². The number of aliphatic imine (C=N–C) groups is 1. The van der Waals surface area contributed by atoms with Gasteiger partial charge in [0, 0.05) is 12.5 Å². The molecule has 0 bridgehead atoms. The molecule has 1 aromatic carbocycles. The minimum absolute atomic E-state index is 0.0927. The van der Waals surface area contributed by atoms with E-state index in [2.05, 4.69) is 18.2 Å². The van der Waals surface area contributed by atoms with Gasteiger partial charge < -0.3 is 10.5 Å². The zero-order valence-electron chi connectivity index (χ0n) is 16.0. The summed E-state index contributed by atoms with van der Waals surface area (Å²) >= 11 is 0. The van der Waals surface area contributed by atoms with E-state index in [1.165, 1.54) is 23.3 Å². The molecule has 7 heteroatoms. The van der Waals surface area contributed by atoms with Crippen LogP contribution in [0, 0.1) is 5.41 Å². The van der Waals surface area contributed by atoms with Crippen molar-refractivity contribution in [2.45, 2.75) is 69.1 Å². The molecule has 2 saturated carbocycles. The SMILES string of the molecule is CN1C(=O)[C@]2(N=C1N)c1cc(C3CC3)ccc1CC21CCC(OC(F)F)CC1. The number of benzene rings is 1. The number of amides is 1. The summed E-state index contributed by atoms with van der Waals surface area (Å²) in [5.41, 5.74) is 8.03.